The quantitative estimate of drug-likeness (QED) is 0.464. The summed E-state index contributed by atoms with van der Waals surface area (Å²) < 4.78 is 2.26. The summed E-state index contributed by atoms with van der Waals surface area (Å²) in [6, 6.07) is 19.8. The van der Waals surface area contributed by atoms with Gasteiger partial charge in [-0.3, -0.25) is 14.2 Å². The number of thiazole rings is 1. The van der Waals surface area contributed by atoms with Gasteiger partial charge in [-0.25, -0.2) is 4.99 Å². The molecular formula is C26H17N3O2S2. The van der Waals surface area contributed by atoms with Gasteiger partial charge in [0.2, 0.25) is 0 Å². The second kappa shape index (κ2) is 6.97. The van der Waals surface area contributed by atoms with E-state index in [0.717, 1.165) is 40.2 Å². The Kier molecular flexibility index (Phi) is 4.01. The van der Waals surface area contributed by atoms with Crippen LogP contribution in [0, 0.1) is 0 Å². The first-order chi connectivity index (χ1) is 16.2. The highest BCUT2D eigenvalue weighted by Gasteiger charge is 2.34. The van der Waals surface area contributed by atoms with Crippen LogP contribution in [-0.4, -0.2) is 10.5 Å². The first-order valence-corrected chi connectivity index (χ1v) is 12.5. The van der Waals surface area contributed by atoms with Gasteiger partial charge >= 0.3 is 0 Å². The van der Waals surface area contributed by atoms with Gasteiger partial charge in [0.25, 0.3) is 11.5 Å². The van der Waals surface area contributed by atoms with E-state index in [1.165, 1.54) is 22.5 Å². The fourth-order valence-electron chi connectivity index (χ4n) is 5.11. The van der Waals surface area contributed by atoms with Crippen molar-refractivity contribution in [3.63, 3.8) is 0 Å². The highest BCUT2D eigenvalue weighted by molar-refractivity contribution is 7.10. The van der Waals surface area contributed by atoms with Crippen LogP contribution in [-0.2, 0) is 11.2 Å². The van der Waals surface area contributed by atoms with Gasteiger partial charge < -0.3 is 5.32 Å². The van der Waals surface area contributed by atoms with Gasteiger partial charge in [-0.05, 0) is 41.5 Å². The van der Waals surface area contributed by atoms with Gasteiger partial charge in [-0.2, -0.15) is 0 Å². The Morgan fingerprint density at radius 1 is 0.939 bits per heavy atom. The third kappa shape index (κ3) is 2.66. The van der Waals surface area contributed by atoms with Crippen molar-refractivity contribution in [2.24, 2.45) is 4.99 Å². The molecule has 7 heteroatoms. The van der Waals surface area contributed by atoms with E-state index in [9.17, 15) is 9.59 Å². The van der Waals surface area contributed by atoms with Gasteiger partial charge in [0.1, 0.15) is 4.53 Å². The lowest BCUT2D eigenvalue weighted by molar-refractivity contribution is -0.110. The lowest BCUT2D eigenvalue weighted by atomic mass is 9.85. The number of hydrogen-bond donors (Lipinski definition) is 1. The standard InChI is InChI=1S/C26H17N3O2S2/c30-24-20(16-8-3-4-9-18(16)27-24)23-25(31)29-22(19-10-5-13-32-19)17-12-11-14-6-1-2-7-15(14)21(17)28-26(29)33-23/h1-10,13,22H,11-12H2,(H,27,30)/t22-/m1/s1. The number of nitrogens with one attached hydrogen (secondary N) is 1. The number of aromatic nitrogens is 1. The monoisotopic (exact) mass is 467 g/mol. The molecule has 4 aromatic rings. The number of nitrogens with zero attached hydrogens (tertiary/aromatic N) is 2. The number of rotatable bonds is 1. The number of anilines is 1. The minimum Gasteiger partial charge on any atom is -0.321 e. The summed E-state index contributed by atoms with van der Waals surface area (Å²) in [5.74, 6) is -0.233. The molecule has 5 nitrogen and oxygen atoms in total. The Bertz CT molecular complexity index is 1690. The van der Waals surface area contributed by atoms with E-state index in [2.05, 4.69) is 29.6 Å². The molecule has 0 fully saturated rings. The smallest absolute Gasteiger partial charge is 0.271 e. The van der Waals surface area contributed by atoms with Gasteiger partial charge in [-0.1, -0.05) is 59.9 Å². The van der Waals surface area contributed by atoms with Crippen molar-refractivity contribution in [2.45, 2.75) is 18.9 Å². The highest BCUT2D eigenvalue weighted by Crippen LogP contribution is 2.42. The molecular weight excluding hydrogens is 450 g/mol. The molecule has 1 amide bonds. The molecule has 2 aromatic heterocycles. The Hall–Kier alpha value is -3.55. The Labute approximate surface area is 196 Å². The summed E-state index contributed by atoms with van der Waals surface area (Å²) >= 11 is 2.97. The molecule has 33 heavy (non-hydrogen) atoms. The summed E-state index contributed by atoms with van der Waals surface area (Å²) in [5.41, 5.74) is 6.40. The molecule has 4 heterocycles. The molecule has 7 rings (SSSR count). The van der Waals surface area contributed by atoms with Crippen LogP contribution < -0.4 is 20.2 Å². The number of benzene rings is 2. The molecule has 1 N–H and O–H groups in total. The average molecular weight is 468 g/mol. The second-order valence-corrected chi connectivity index (χ2v) is 10.3. The van der Waals surface area contributed by atoms with Gasteiger partial charge in [-0.15, -0.1) is 11.3 Å². The molecule has 0 bridgehead atoms. The zero-order chi connectivity index (χ0) is 22.1. The van der Waals surface area contributed by atoms with Crippen LogP contribution in [0.2, 0.25) is 0 Å². The minimum atomic E-state index is -0.233. The van der Waals surface area contributed by atoms with E-state index in [1.54, 1.807) is 15.9 Å². The van der Waals surface area contributed by atoms with Crippen LogP contribution in [0.5, 0.6) is 0 Å². The number of carbonyl (C=O) groups is 1. The van der Waals surface area contributed by atoms with Crippen molar-refractivity contribution in [3.8, 4) is 0 Å². The molecule has 2 aromatic carbocycles. The zero-order valence-electron chi connectivity index (χ0n) is 17.4. The van der Waals surface area contributed by atoms with Crippen LogP contribution in [0.3, 0.4) is 0 Å². The Morgan fingerprint density at radius 2 is 1.76 bits per heavy atom. The maximum Gasteiger partial charge on any atom is 0.271 e. The first-order valence-electron chi connectivity index (χ1n) is 10.8. The van der Waals surface area contributed by atoms with E-state index in [0.29, 0.717) is 14.9 Å². The molecule has 0 saturated heterocycles. The number of thiophene rings is 1. The van der Waals surface area contributed by atoms with Crippen LogP contribution in [0.25, 0.3) is 11.3 Å². The summed E-state index contributed by atoms with van der Waals surface area (Å²) in [5, 5.41) is 4.95. The average Bonchev–Trinajstić information content (AvgIpc) is 3.55. The van der Waals surface area contributed by atoms with E-state index < -0.39 is 0 Å². The minimum absolute atomic E-state index is 0.149. The maximum atomic E-state index is 13.9. The maximum absolute atomic E-state index is 13.9. The van der Waals surface area contributed by atoms with Crippen LogP contribution in [0.1, 0.15) is 34.0 Å². The third-order valence-electron chi connectivity index (χ3n) is 6.56. The molecule has 160 valence electrons. The van der Waals surface area contributed by atoms with Crippen LogP contribution in [0.4, 0.5) is 5.69 Å². The number of fused-ring (bicyclic) bond motifs is 4. The largest absolute Gasteiger partial charge is 0.321 e. The lowest BCUT2D eigenvalue weighted by Gasteiger charge is -2.30. The molecule has 0 spiro atoms. The Balaban J connectivity index is 1.57. The van der Waals surface area contributed by atoms with Crippen molar-refractivity contribution in [1.82, 2.24) is 4.57 Å². The predicted octanol–water partition coefficient (Wildman–Crippen LogP) is 3.70. The van der Waals surface area contributed by atoms with E-state index in [1.807, 2.05) is 41.8 Å². The second-order valence-electron chi connectivity index (χ2n) is 8.32. The summed E-state index contributed by atoms with van der Waals surface area (Å²) in [6.07, 6.45) is 1.79. The molecule has 3 aliphatic rings. The number of para-hydroxylation sites is 1. The van der Waals surface area contributed by atoms with Crippen molar-refractivity contribution < 1.29 is 4.79 Å². The summed E-state index contributed by atoms with van der Waals surface area (Å²) in [4.78, 5) is 33.6. The normalized spacial score (nSPS) is 19.9. The fourth-order valence-corrected chi connectivity index (χ4v) is 7.06. The lowest BCUT2D eigenvalue weighted by Crippen LogP contribution is -2.39. The topological polar surface area (TPSA) is 63.5 Å². The number of hydrogen-bond acceptors (Lipinski definition) is 5. The van der Waals surface area contributed by atoms with Gasteiger partial charge in [0.15, 0.2) is 4.80 Å². The van der Waals surface area contributed by atoms with Crippen LogP contribution in [0.15, 0.2) is 81.4 Å². The molecule has 0 unspecified atom stereocenters. The van der Waals surface area contributed by atoms with Gasteiger partial charge in [0.05, 0.1) is 17.3 Å². The van der Waals surface area contributed by atoms with Crippen molar-refractivity contribution in [2.75, 3.05) is 5.32 Å². The number of carbonyl (C=O) groups excluding carboxylic acids is 1. The third-order valence-corrected chi connectivity index (χ3v) is 8.54. The zero-order valence-corrected chi connectivity index (χ0v) is 19.0. The molecule has 2 aliphatic heterocycles. The number of allylic oxidation sites excluding steroid dienone is 1. The SMILES string of the molecule is O=C1Nc2ccccc2C1=c1sc2n(c1=O)[C@@H](c1cccs1)C1=C(N=2)c2ccccc2CC1. The Morgan fingerprint density at radius 3 is 2.61 bits per heavy atom. The molecule has 1 atom stereocenters. The van der Waals surface area contributed by atoms with E-state index >= 15 is 0 Å². The fraction of sp³-hybridized carbons (Fsp3) is 0.115. The predicted molar refractivity (Wildman–Crippen MR) is 131 cm³/mol. The summed E-state index contributed by atoms with van der Waals surface area (Å²) in [6.45, 7) is 0. The van der Waals surface area contributed by atoms with E-state index in [4.69, 9.17) is 4.99 Å². The van der Waals surface area contributed by atoms with Crippen molar-refractivity contribution in [1.29, 1.82) is 0 Å². The van der Waals surface area contributed by atoms with E-state index in [-0.39, 0.29) is 17.5 Å². The van der Waals surface area contributed by atoms with Crippen molar-refractivity contribution in [3.05, 3.63) is 113 Å². The number of amides is 1. The molecule has 0 saturated carbocycles. The highest BCUT2D eigenvalue weighted by atomic mass is 32.1. The van der Waals surface area contributed by atoms with Crippen LogP contribution >= 0.6 is 22.7 Å². The first kappa shape index (κ1) is 19.0. The van der Waals surface area contributed by atoms with Crippen molar-refractivity contribution >= 4 is 45.5 Å². The molecule has 1 aliphatic carbocycles. The summed E-state index contributed by atoms with van der Waals surface area (Å²) in [7, 11) is 0. The number of aryl methyl sites for hydroxylation is 1. The van der Waals surface area contributed by atoms with Gasteiger partial charge in [0, 0.05) is 21.7 Å². The molecule has 0 radical (unpaired) electrons.